The Kier molecular flexibility index (Phi) is 19.4. The summed E-state index contributed by atoms with van der Waals surface area (Å²) in [5, 5.41) is 35.1. The molecule has 0 radical (unpaired) electrons. The predicted molar refractivity (Wildman–Crippen MR) is 267 cm³/mol. The fraction of sp³-hybridized carbons (Fsp3) is 0.347. The molecule has 0 atom stereocenters. The zero-order valence-corrected chi connectivity index (χ0v) is 40.1. The van der Waals surface area contributed by atoms with E-state index in [4.69, 9.17) is 20.0 Å². The van der Waals surface area contributed by atoms with Crippen molar-refractivity contribution in [2.75, 3.05) is 94.8 Å². The number of anilines is 2. The monoisotopic (exact) mass is 957 g/mol. The van der Waals surface area contributed by atoms with Crippen LogP contribution in [0.25, 0.3) is 0 Å². The van der Waals surface area contributed by atoms with Crippen LogP contribution in [0.15, 0.2) is 107 Å². The van der Waals surface area contributed by atoms with Crippen molar-refractivity contribution in [1.29, 1.82) is 10.5 Å². The molecule has 4 aromatic carbocycles. The van der Waals surface area contributed by atoms with Crippen molar-refractivity contribution in [2.24, 2.45) is 10.2 Å². The average Bonchev–Trinajstić information content (AvgIpc) is 3.35. The minimum atomic E-state index is -0.509. The number of thioether (sulfide) groups is 2. The lowest BCUT2D eigenvalue weighted by Crippen LogP contribution is -2.45. The molecule has 4 amide bonds. The summed E-state index contributed by atoms with van der Waals surface area (Å²) < 4.78 is 10.6. The van der Waals surface area contributed by atoms with Crippen LogP contribution in [0.1, 0.15) is 47.2 Å². The molecule has 3 aliphatic heterocycles. The largest absolute Gasteiger partial charge is 0.448 e. The van der Waals surface area contributed by atoms with Gasteiger partial charge < -0.3 is 19.3 Å². The number of carbonyl (C=O) groups excluding carboxylic acids is 4. The molecule has 0 spiro atoms. The SMILES string of the molecule is CCN(CC)CCOC(=O)Nc1cccc(CN2N=C(c3ccc(C#N)cc3)CSC2=O)c1.CN1CCN(CCOC(=O)Nc2cccc(CN3N=C(c4ccc(C#N)cc4)CSC3=O)c2)CC1. The Hall–Kier alpha value is -6.74. The Morgan fingerprint density at radius 3 is 1.57 bits per heavy atom. The van der Waals surface area contributed by atoms with Gasteiger partial charge in [-0.15, -0.1) is 0 Å². The summed E-state index contributed by atoms with van der Waals surface area (Å²) in [6.07, 6.45) is -1.01. The molecule has 0 aliphatic carbocycles. The molecule has 17 nitrogen and oxygen atoms in total. The number of likely N-dealkylation sites (N-methyl/N-ethyl adjacent to an activating group) is 2. The summed E-state index contributed by atoms with van der Waals surface area (Å²) in [6, 6.07) is 33.0. The first-order valence-corrected chi connectivity index (χ1v) is 24.2. The number of hydrazone groups is 2. The first-order chi connectivity index (χ1) is 33.0. The van der Waals surface area contributed by atoms with Crippen molar-refractivity contribution in [3.05, 3.63) is 130 Å². The Labute approximate surface area is 405 Å². The highest BCUT2D eigenvalue weighted by Gasteiger charge is 2.24. The molecule has 19 heteroatoms. The van der Waals surface area contributed by atoms with E-state index < -0.39 is 12.2 Å². The molecule has 0 unspecified atom stereocenters. The molecule has 354 valence electrons. The molecular formula is C49H55N11O6S2. The highest BCUT2D eigenvalue weighted by atomic mass is 32.2. The van der Waals surface area contributed by atoms with Gasteiger partial charge >= 0.3 is 22.7 Å². The number of hydrogen-bond donors (Lipinski definition) is 2. The number of rotatable bonds is 16. The summed E-state index contributed by atoms with van der Waals surface area (Å²) in [5.74, 6) is 0.949. The molecule has 1 fully saturated rings. The summed E-state index contributed by atoms with van der Waals surface area (Å²) in [5.41, 5.74) is 7.31. The number of benzene rings is 4. The van der Waals surface area contributed by atoms with Crippen LogP contribution in [0.5, 0.6) is 0 Å². The van der Waals surface area contributed by atoms with Gasteiger partial charge in [-0.05, 0) is 90.9 Å². The third kappa shape index (κ3) is 15.7. The maximum Gasteiger partial charge on any atom is 0.411 e. The van der Waals surface area contributed by atoms with Crippen molar-refractivity contribution in [3.63, 3.8) is 0 Å². The molecule has 0 aromatic heterocycles. The van der Waals surface area contributed by atoms with E-state index in [1.807, 2.05) is 54.6 Å². The van der Waals surface area contributed by atoms with E-state index in [1.54, 1.807) is 42.5 Å². The van der Waals surface area contributed by atoms with Crippen molar-refractivity contribution < 1.29 is 28.7 Å². The Balaban J connectivity index is 0.000000224. The first kappa shape index (κ1) is 50.7. The lowest BCUT2D eigenvalue weighted by Gasteiger charge is -2.31. The van der Waals surface area contributed by atoms with Gasteiger partial charge in [-0.3, -0.25) is 25.1 Å². The van der Waals surface area contributed by atoms with Crippen molar-refractivity contribution >= 4 is 69.0 Å². The number of nitrogens with zero attached hydrogens (tertiary/aromatic N) is 9. The van der Waals surface area contributed by atoms with Crippen molar-refractivity contribution in [1.82, 2.24) is 24.7 Å². The van der Waals surface area contributed by atoms with Crippen molar-refractivity contribution in [2.45, 2.75) is 26.9 Å². The highest BCUT2D eigenvalue weighted by Crippen LogP contribution is 2.25. The lowest BCUT2D eigenvalue weighted by atomic mass is 10.1. The molecule has 3 aliphatic rings. The Morgan fingerprint density at radius 1 is 0.676 bits per heavy atom. The lowest BCUT2D eigenvalue weighted by molar-refractivity contribution is 0.111. The summed E-state index contributed by atoms with van der Waals surface area (Å²) in [4.78, 5) is 55.9. The van der Waals surface area contributed by atoms with Gasteiger partial charge in [0.25, 0.3) is 0 Å². The van der Waals surface area contributed by atoms with Gasteiger partial charge in [0.15, 0.2) is 0 Å². The van der Waals surface area contributed by atoms with Crippen LogP contribution >= 0.6 is 23.5 Å². The van der Waals surface area contributed by atoms with Crippen LogP contribution < -0.4 is 10.6 Å². The molecule has 4 aromatic rings. The molecule has 0 bridgehead atoms. The van der Waals surface area contributed by atoms with Crippen LogP contribution in [0.4, 0.5) is 30.6 Å². The van der Waals surface area contributed by atoms with Gasteiger partial charge in [-0.25, -0.2) is 19.6 Å². The van der Waals surface area contributed by atoms with Gasteiger partial charge in [0, 0.05) is 62.1 Å². The van der Waals surface area contributed by atoms with E-state index >= 15 is 0 Å². The summed E-state index contributed by atoms with van der Waals surface area (Å²) in [6.45, 7) is 12.6. The minimum Gasteiger partial charge on any atom is -0.448 e. The van der Waals surface area contributed by atoms with Crippen LogP contribution in [0.2, 0.25) is 0 Å². The van der Waals surface area contributed by atoms with E-state index in [0.717, 1.165) is 79.5 Å². The second-order valence-corrected chi connectivity index (χ2v) is 17.6. The fourth-order valence-corrected chi connectivity index (χ4v) is 8.57. The number of hydrogen-bond acceptors (Lipinski definition) is 15. The van der Waals surface area contributed by atoms with E-state index in [2.05, 4.69) is 68.6 Å². The molecule has 7 rings (SSSR count). The van der Waals surface area contributed by atoms with Crippen molar-refractivity contribution in [3.8, 4) is 12.1 Å². The quantitative estimate of drug-likeness (QED) is 0.110. The molecular weight excluding hydrogens is 903 g/mol. The Bertz CT molecular complexity index is 2520. The van der Waals surface area contributed by atoms with E-state index in [0.29, 0.717) is 53.8 Å². The Morgan fingerprint density at radius 2 is 1.13 bits per heavy atom. The minimum absolute atomic E-state index is 0.135. The number of ether oxygens (including phenoxy) is 2. The third-order valence-corrected chi connectivity index (χ3v) is 12.8. The van der Waals surface area contributed by atoms with E-state index in [1.165, 1.54) is 33.5 Å². The normalized spacial score (nSPS) is 15.3. The second kappa shape index (κ2) is 26.0. The molecule has 0 saturated carbocycles. The third-order valence-electron chi connectivity index (χ3n) is 11.0. The van der Waals surface area contributed by atoms with Gasteiger partial charge in [0.1, 0.15) is 13.2 Å². The van der Waals surface area contributed by atoms with Gasteiger partial charge in [0.2, 0.25) is 0 Å². The van der Waals surface area contributed by atoms with Crippen LogP contribution in [0, 0.1) is 22.7 Å². The second-order valence-electron chi connectivity index (χ2n) is 15.8. The van der Waals surface area contributed by atoms with Gasteiger partial charge in [-0.2, -0.15) is 20.7 Å². The zero-order valence-electron chi connectivity index (χ0n) is 38.4. The topological polar surface area (TPSA) is 199 Å². The fourth-order valence-electron chi connectivity index (χ4n) is 7.09. The standard InChI is InChI=1S/C25H28N6O3S.C24H27N5O3S/c1-29-9-11-30(12-10-29)13-14-34-24(32)27-22-4-2-3-20(15-22)17-31-25(33)35-18-23(28-31)21-7-5-19(16-26)6-8-21;1-3-28(4-2)12-13-32-23(30)26-21-7-5-6-19(14-21)16-29-24(31)33-17-22(27-29)20-10-8-18(15-25)9-11-20/h2-8,15H,9-14,17-18H2,1H3,(H,27,32);5-11,14H,3-4,12-13,16-17H2,1-2H3,(H,26,30). The molecule has 1 saturated heterocycles. The number of nitriles is 2. The van der Waals surface area contributed by atoms with E-state index in [-0.39, 0.29) is 23.6 Å². The number of carbonyl (C=O) groups is 4. The van der Waals surface area contributed by atoms with Crippen LogP contribution in [-0.4, -0.2) is 143 Å². The molecule has 2 N–H and O–H groups in total. The number of nitrogens with one attached hydrogen (secondary N) is 2. The van der Waals surface area contributed by atoms with Gasteiger partial charge in [-0.1, -0.05) is 85.9 Å². The first-order valence-electron chi connectivity index (χ1n) is 22.3. The van der Waals surface area contributed by atoms with Gasteiger partial charge in [0.05, 0.1) is 47.8 Å². The maximum absolute atomic E-state index is 12.4. The van der Waals surface area contributed by atoms with Crippen LogP contribution in [0.3, 0.4) is 0 Å². The number of amides is 4. The predicted octanol–water partition coefficient (Wildman–Crippen LogP) is 7.95. The number of piperazine rings is 1. The summed E-state index contributed by atoms with van der Waals surface area (Å²) >= 11 is 2.37. The summed E-state index contributed by atoms with van der Waals surface area (Å²) in [7, 11) is 2.11. The average molecular weight is 958 g/mol. The molecule has 3 heterocycles. The van der Waals surface area contributed by atoms with E-state index in [9.17, 15) is 19.2 Å². The smallest absolute Gasteiger partial charge is 0.411 e. The highest BCUT2D eigenvalue weighted by molar-refractivity contribution is 8.14. The molecule has 68 heavy (non-hydrogen) atoms. The van der Waals surface area contributed by atoms with Crippen LogP contribution in [-0.2, 0) is 22.6 Å². The zero-order chi connectivity index (χ0) is 48.3. The maximum atomic E-state index is 12.4.